The molecule has 1 N–H and O–H groups in total. The van der Waals surface area contributed by atoms with E-state index >= 15 is 0 Å². The lowest BCUT2D eigenvalue weighted by Gasteiger charge is -2.26. The molecule has 0 spiro atoms. The van der Waals surface area contributed by atoms with Crippen LogP contribution in [0.2, 0.25) is 0 Å². The smallest absolute Gasteiger partial charge is 0.386 e. The average Bonchev–Trinajstić information content (AvgIpc) is 3.37. The molecule has 0 unspecified atom stereocenters. The molecule has 0 aliphatic carbocycles. The van der Waals surface area contributed by atoms with E-state index in [1.165, 1.54) is 16.6 Å². The number of carbonyl (C=O) groups excluding carboxylic acids is 1. The minimum Gasteiger partial charge on any atom is -0.386 e. The van der Waals surface area contributed by atoms with Gasteiger partial charge in [-0.3, -0.25) is 0 Å². The van der Waals surface area contributed by atoms with Crippen molar-refractivity contribution in [2.45, 2.75) is 19.5 Å². The zero-order valence-corrected chi connectivity index (χ0v) is 20.5. The van der Waals surface area contributed by atoms with Crippen LogP contribution in [0.15, 0.2) is 91.3 Å². The molecule has 5 rings (SSSR count). The second kappa shape index (κ2) is 11.3. The maximum atomic E-state index is 13.0. The minimum absolute atomic E-state index is 0.0158. The minimum atomic E-state index is -4.99. The fourth-order valence-corrected chi connectivity index (χ4v) is 4.06. The van der Waals surface area contributed by atoms with Crippen LogP contribution in [0.1, 0.15) is 21.5 Å². The highest BCUT2D eigenvalue weighted by Crippen LogP contribution is 2.32. The largest absolute Gasteiger partial charge is 0.574 e. The molecule has 0 aliphatic rings. The number of anilines is 3. The number of alkyl halides is 3. The van der Waals surface area contributed by atoms with Gasteiger partial charge in [0.25, 0.3) is 0 Å². The molecule has 3 aromatic heterocycles. The molecule has 0 bridgehead atoms. The standard InChI is InChI=1S/C27H20F4N6O3/c28-27(29,30)39-25-21(12-7-13-32-25)34-22-14-23(37-24(35-22)20(15-33-37)26(38)40-31)36(16-18-8-3-1-4-9-18)17-19-10-5-2-6-11-19/h1-15H,16-17H2,(H,34,35). The van der Waals surface area contributed by atoms with E-state index in [0.717, 1.165) is 23.5 Å². The summed E-state index contributed by atoms with van der Waals surface area (Å²) < 4.78 is 57.2. The van der Waals surface area contributed by atoms with Gasteiger partial charge in [0.2, 0.25) is 5.88 Å². The predicted molar refractivity (Wildman–Crippen MR) is 136 cm³/mol. The summed E-state index contributed by atoms with van der Waals surface area (Å²) >= 11 is 0. The Kier molecular flexibility index (Phi) is 7.44. The summed E-state index contributed by atoms with van der Waals surface area (Å²) in [6, 6.07) is 23.3. The number of aromatic nitrogens is 4. The van der Waals surface area contributed by atoms with Crippen LogP contribution in [0.3, 0.4) is 0 Å². The van der Waals surface area contributed by atoms with Gasteiger partial charge in [0, 0.05) is 29.9 Å². The van der Waals surface area contributed by atoms with Crippen LogP contribution in [0.5, 0.6) is 5.88 Å². The quantitative estimate of drug-likeness (QED) is 0.222. The Morgan fingerprint density at radius 1 is 0.950 bits per heavy atom. The zero-order chi connectivity index (χ0) is 28.1. The first kappa shape index (κ1) is 26.4. The molecule has 204 valence electrons. The summed E-state index contributed by atoms with van der Waals surface area (Å²) in [6.07, 6.45) is -2.75. The third-order valence-corrected chi connectivity index (χ3v) is 5.75. The Balaban J connectivity index is 1.64. The highest BCUT2D eigenvalue weighted by molar-refractivity contribution is 5.95. The number of nitrogens with one attached hydrogen (secondary N) is 1. The van der Waals surface area contributed by atoms with E-state index < -0.39 is 18.2 Å². The normalized spacial score (nSPS) is 11.3. The van der Waals surface area contributed by atoms with Crippen molar-refractivity contribution in [3.05, 3.63) is 108 Å². The van der Waals surface area contributed by atoms with Crippen LogP contribution in [-0.2, 0) is 18.0 Å². The van der Waals surface area contributed by atoms with Crippen LogP contribution in [0.4, 0.5) is 35.0 Å². The van der Waals surface area contributed by atoms with Gasteiger partial charge in [-0.05, 0) is 23.3 Å². The van der Waals surface area contributed by atoms with Gasteiger partial charge in [-0.1, -0.05) is 60.7 Å². The maximum Gasteiger partial charge on any atom is 0.574 e. The van der Waals surface area contributed by atoms with Gasteiger partial charge in [0.1, 0.15) is 22.9 Å². The fraction of sp³-hybridized carbons (Fsp3) is 0.111. The van der Waals surface area contributed by atoms with Crippen molar-refractivity contribution in [1.29, 1.82) is 0 Å². The van der Waals surface area contributed by atoms with Crippen molar-refractivity contribution in [3.63, 3.8) is 0 Å². The Morgan fingerprint density at radius 3 is 2.20 bits per heavy atom. The van der Waals surface area contributed by atoms with E-state index in [1.807, 2.05) is 65.6 Å². The number of halogens is 4. The van der Waals surface area contributed by atoms with E-state index in [1.54, 1.807) is 6.07 Å². The lowest BCUT2D eigenvalue weighted by molar-refractivity contribution is -0.275. The molecule has 0 saturated heterocycles. The van der Waals surface area contributed by atoms with Gasteiger partial charge in [0.05, 0.1) is 6.20 Å². The summed E-state index contributed by atoms with van der Waals surface area (Å²) in [5.74, 6) is -1.64. The predicted octanol–water partition coefficient (Wildman–Crippen LogP) is 6.01. The van der Waals surface area contributed by atoms with Crippen LogP contribution >= 0.6 is 0 Å². The van der Waals surface area contributed by atoms with Crippen LogP contribution < -0.4 is 15.0 Å². The molecule has 0 fully saturated rings. The highest BCUT2D eigenvalue weighted by Gasteiger charge is 2.33. The van der Waals surface area contributed by atoms with Crippen molar-refractivity contribution in [1.82, 2.24) is 19.6 Å². The molecular weight excluding hydrogens is 532 g/mol. The molecule has 9 nitrogen and oxygen atoms in total. The van der Waals surface area contributed by atoms with Crippen LogP contribution in [0.25, 0.3) is 5.65 Å². The Bertz CT molecular complexity index is 1570. The number of hydrogen-bond acceptors (Lipinski definition) is 8. The zero-order valence-electron chi connectivity index (χ0n) is 20.5. The lowest BCUT2D eigenvalue weighted by atomic mass is 10.1. The van der Waals surface area contributed by atoms with Crippen molar-refractivity contribution < 1.29 is 32.2 Å². The van der Waals surface area contributed by atoms with Crippen molar-refractivity contribution >= 4 is 28.9 Å². The third-order valence-electron chi connectivity index (χ3n) is 5.75. The first-order valence-corrected chi connectivity index (χ1v) is 11.8. The van der Waals surface area contributed by atoms with E-state index in [0.29, 0.717) is 18.9 Å². The average molecular weight is 552 g/mol. The molecule has 5 aromatic rings. The number of hydrogen-bond donors (Lipinski definition) is 1. The number of carbonyl (C=O) groups is 1. The molecule has 0 atom stereocenters. The summed E-state index contributed by atoms with van der Waals surface area (Å²) in [4.78, 5) is 25.5. The number of benzene rings is 2. The van der Waals surface area contributed by atoms with Crippen molar-refractivity contribution in [2.24, 2.45) is 0 Å². The summed E-state index contributed by atoms with van der Waals surface area (Å²) in [6.45, 7) is 0.763. The van der Waals surface area contributed by atoms with Crippen LogP contribution in [0, 0.1) is 0 Å². The van der Waals surface area contributed by atoms with E-state index in [2.05, 4.69) is 30.1 Å². The molecule has 40 heavy (non-hydrogen) atoms. The molecule has 0 amide bonds. The van der Waals surface area contributed by atoms with Gasteiger partial charge in [-0.2, -0.15) is 9.61 Å². The number of pyridine rings is 1. The van der Waals surface area contributed by atoms with Crippen molar-refractivity contribution in [2.75, 3.05) is 10.2 Å². The highest BCUT2D eigenvalue weighted by atomic mass is 19.4. The summed E-state index contributed by atoms with van der Waals surface area (Å²) in [5, 5.41) is 7.01. The van der Waals surface area contributed by atoms with Gasteiger partial charge in [0.15, 0.2) is 5.65 Å². The number of nitrogens with zero attached hydrogens (tertiary/aromatic N) is 5. The third kappa shape index (κ3) is 6.09. The van der Waals surface area contributed by atoms with Crippen molar-refractivity contribution in [3.8, 4) is 5.88 Å². The second-order valence-corrected chi connectivity index (χ2v) is 8.51. The lowest BCUT2D eigenvalue weighted by Crippen LogP contribution is -2.25. The number of ether oxygens (including phenoxy) is 1. The monoisotopic (exact) mass is 552 g/mol. The molecular formula is C27H20F4N6O3. The van der Waals surface area contributed by atoms with E-state index in [9.17, 15) is 22.5 Å². The van der Waals surface area contributed by atoms with Gasteiger partial charge >= 0.3 is 12.3 Å². The Hall–Kier alpha value is -5.20. The molecule has 3 heterocycles. The Labute approximate surface area is 224 Å². The first-order chi connectivity index (χ1) is 19.3. The molecule has 0 radical (unpaired) electrons. The van der Waals surface area contributed by atoms with E-state index in [-0.39, 0.29) is 22.7 Å². The van der Waals surface area contributed by atoms with Gasteiger partial charge in [-0.25, -0.2) is 19.7 Å². The van der Waals surface area contributed by atoms with Gasteiger partial charge < -0.3 is 15.0 Å². The maximum absolute atomic E-state index is 13.0. The number of fused-ring (bicyclic) bond motifs is 1. The molecule has 2 aromatic carbocycles. The summed E-state index contributed by atoms with van der Waals surface area (Å²) in [5.41, 5.74) is 1.37. The van der Waals surface area contributed by atoms with Gasteiger partial charge in [-0.15, -0.1) is 13.2 Å². The molecule has 0 saturated carbocycles. The molecule has 0 aliphatic heterocycles. The first-order valence-electron chi connectivity index (χ1n) is 11.8. The van der Waals surface area contributed by atoms with Crippen LogP contribution in [-0.4, -0.2) is 31.9 Å². The molecule has 13 heteroatoms. The second-order valence-electron chi connectivity index (χ2n) is 8.51. The number of rotatable bonds is 9. The SMILES string of the molecule is O=C(OF)c1cnn2c(N(Cc3ccccc3)Cc3ccccc3)cc(Nc3cccnc3OC(F)(F)F)nc12. The summed E-state index contributed by atoms with van der Waals surface area (Å²) in [7, 11) is 0. The van der Waals surface area contributed by atoms with E-state index in [4.69, 9.17) is 0 Å². The fourth-order valence-electron chi connectivity index (χ4n) is 4.06. The Morgan fingerprint density at radius 2 is 1.60 bits per heavy atom. The topological polar surface area (TPSA) is 93.9 Å².